The third kappa shape index (κ3) is 7.55. The zero-order valence-corrected chi connectivity index (χ0v) is 23.2. The van der Waals surface area contributed by atoms with Gasteiger partial charge >= 0.3 is 0 Å². The minimum absolute atomic E-state index is 0.123. The third-order valence-corrected chi connectivity index (χ3v) is 7.72. The molecule has 0 aliphatic rings. The molecule has 0 bridgehead atoms. The summed E-state index contributed by atoms with van der Waals surface area (Å²) in [7, 11) is 0. The van der Waals surface area contributed by atoms with Gasteiger partial charge in [-0.3, -0.25) is 0 Å². The van der Waals surface area contributed by atoms with Crippen LogP contribution in [0.25, 0.3) is 0 Å². The zero-order chi connectivity index (χ0) is 25.4. The molecule has 0 spiro atoms. The van der Waals surface area contributed by atoms with Crippen LogP contribution in [0, 0.1) is 9.62 Å². The van der Waals surface area contributed by atoms with Crippen LogP contribution in [0.1, 0.15) is 44.0 Å². The zero-order valence-electron chi connectivity index (χ0n) is 20.3. The molecule has 0 amide bonds. The van der Waals surface area contributed by atoms with Crippen molar-refractivity contribution in [3.05, 3.63) is 69.1 Å². The van der Waals surface area contributed by atoms with Crippen LogP contribution in [0.2, 0.25) is 0 Å². The molecule has 2 aromatic carbocycles. The molecule has 0 aliphatic carbocycles. The van der Waals surface area contributed by atoms with Crippen molar-refractivity contribution in [1.29, 1.82) is 0 Å². The highest BCUT2D eigenvalue weighted by molar-refractivity contribution is 14.1. The molecule has 0 fully saturated rings. The van der Waals surface area contributed by atoms with E-state index in [1.807, 2.05) is 36.4 Å². The normalized spacial score (nSPS) is 13.5. The Morgan fingerprint density at radius 3 is 2.11 bits per heavy atom. The van der Waals surface area contributed by atoms with Crippen LogP contribution in [0.3, 0.4) is 0 Å². The van der Waals surface area contributed by atoms with E-state index in [9.17, 15) is 10.2 Å². The second kappa shape index (κ2) is 12.9. The summed E-state index contributed by atoms with van der Waals surface area (Å²) in [5, 5.41) is 27.4. The summed E-state index contributed by atoms with van der Waals surface area (Å²) in [6.07, 6.45) is 0.179. The van der Waals surface area contributed by atoms with Crippen molar-refractivity contribution in [2.24, 2.45) is 5.92 Å². The molecule has 0 saturated carbocycles. The van der Waals surface area contributed by atoms with Gasteiger partial charge in [-0.1, -0.05) is 50.3 Å². The smallest absolute Gasteiger partial charge is 0.125 e. The summed E-state index contributed by atoms with van der Waals surface area (Å²) in [6.45, 7) is 7.33. The number of aromatic nitrogens is 3. The van der Waals surface area contributed by atoms with Crippen LogP contribution in [0.15, 0.2) is 48.5 Å². The molecule has 2 N–H and O–H groups in total. The first-order valence-corrected chi connectivity index (χ1v) is 13.2. The minimum Gasteiger partial charge on any atom is -0.494 e. The second-order valence-electron chi connectivity index (χ2n) is 9.20. The number of aliphatic hydroxyl groups is 2. The average Bonchev–Trinajstić information content (AvgIpc) is 3.22. The molecule has 0 saturated heterocycles. The van der Waals surface area contributed by atoms with Gasteiger partial charge in [0.05, 0.1) is 19.8 Å². The fourth-order valence-corrected chi connectivity index (χ4v) is 4.28. The van der Waals surface area contributed by atoms with Crippen LogP contribution in [-0.4, -0.2) is 50.4 Å². The Morgan fingerprint density at radius 2 is 1.60 bits per heavy atom. The predicted octanol–water partition coefficient (Wildman–Crippen LogP) is 4.78. The highest BCUT2D eigenvalue weighted by atomic mass is 123. The monoisotopic (exact) mass is 609 g/mol. The van der Waals surface area contributed by atoms with Crippen LogP contribution >= 0.6 is 34.2 Å². The Morgan fingerprint density at radius 1 is 1.03 bits per heavy atom. The minimum atomic E-state index is -0.758. The maximum absolute atomic E-state index is 10.3. The quantitative estimate of drug-likeness (QED) is 0.214. The molecular weight excluding hydrogens is 577 g/mol. The molecule has 3 aromatic rings. The van der Waals surface area contributed by atoms with E-state index in [2.05, 4.69) is 65.8 Å². The molecular formula is C26H33ClIN3O4. The Balaban J connectivity index is 1.54. The first-order chi connectivity index (χ1) is 16.7. The summed E-state index contributed by atoms with van der Waals surface area (Å²) < 4.78 is 13.9. The lowest BCUT2D eigenvalue weighted by atomic mass is 9.78. The average molecular weight is 610 g/mol. The predicted molar refractivity (Wildman–Crippen MR) is 145 cm³/mol. The van der Waals surface area contributed by atoms with Crippen LogP contribution in [-0.2, 0) is 18.6 Å². The number of rotatable bonds is 13. The van der Waals surface area contributed by atoms with Crippen LogP contribution in [0.5, 0.6) is 11.5 Å². The van der Waals surface area contributed by atoms with E-state index in [0.717, 1.165) is 17.7 Å². The highest BCUT2D eigenvalue weighted by Gasteiger charge is 2.23. The molecule has 190 valence electrons. The van der Waals surface area contributed by atoms with Gasteiger partial charge < -0.3 is 19.7 Å². The summed E-state index contributed by atoms with van der Waals surface area (Å²) >= 11 is 7.91. The van der Waals surface area contributed by atoms with Gasteiger partial charge in [0.1, 0.15) is 33.6 Å². The molecule has 9 heteroatoms. The fraction of sp³-hybridized carbons (Fsp3) is 0.462. The number of aliphatic hydroxyl groups excluding tert-OH is 2. The summed E-state index contributed by atoms with van der Waals surface area (Å²) in [4.78, 5) is 0. The Labute approximate surface area is 225 Å². The molecule has 35 heavy (non-hydrogen) atoms. The van der Waals surface area contributed by atoms with Crippen LogP contribution in [0.4, 0.5) is 0 Å². The van der Waals surface area contributed by atoms with Gasteiger partial charge in [-0.25, -0.2) is 4.68 Å². The SMILES string of the molecule is C[C@H](CCl)CCOc1ccc(C(C)(C)c2ccc(OC[C@@H](O)Cn3nnc(CO)c3[123I])cc2)cc1. The van der Waals surface area contributed by atoms with E-state index < -0.39 is 6.10 Å². The Kier molecular flexibility index (Phi) is 10.2. The van der Waals surface area contributed by atoms with Gasteiger partial charge in [0.25, 0.3) is 0 Å². The number of hydrogen-bond acceptors (Lipinski definition) is 6. The topological polar surface area (TPSA) is 89.6 Å². The van der Waals surface area contributed by atoms with E-state index in [-0.39, 0.29) is 25.2 Å². The lowest BCUT2D eigenvalue weighted by Gasteiger charge is -2.26. The van der Waals surface area contributed by atoms with Crippen LogP contribution < -0.4 is 9.47 Å². The van der Waals surface area contributed by atoms with Gasteiger partial charge in [-0.05, 0) is 70.3 Å². The first-order valence-electron chi connectivity index (χ1n) is 11.6. The summed E-state index contributed by atoms with van der Waals surface area (Å²) in [5.74, 6) is 2.64. The number of ether oxygens (including phenoxy) is 2. The third-order valence-electron chi connectivity index (χ3n) is 6.01. The first kappa shape index (κ1) is 27.7. The number of halogens is 2. The fourth-order valence-electron chi connectivity index (χ4n) is 3.55. The molecule has 7 nitrogen and oxygen atoms in total. The maximum Gasteiger partial charge on any atom is 0.125 e. The van der Waals surface area contributed by atoms with E-state index in [1.165, 1.54) is 5.56 Å². The lowest BCUT2D eigenvalue weighted by Crippen LogP contribution is -2.25. The summed E-state index contributed by atoms with van der Waals surface area (Å²) in [5.41, 5.74) is 2.64. The largest absolute Gasteiger partial charge is 0.494 e. The number of hydrogen-bond donors (Lipinski definition) is 2. The molecule has 1 heterocycles. The highest BCUT2D eigenvalue weighted by Crippen LogP contribution is 2.33. The van der Waals surface area contributed by atoms with Gasteiger partial charge in [0, 0.05) is 11.3 Å². The van der Waals surface area contributed by atoms with E-state index in [0.29, 0.717) is 33.5 Å². The van der Waals surface area contributed by atoms with E-state index in [1.54, 1.807) is 4.68 Å². The van der Waals surface area contributed by atoms with Crippen molar-refractivity contribution >= 4 is 34.2 Å². The molecule has 0 radical (unpaired) electrons. The van der Waals surface area contributed by atoms with Gasteiger partial charge in [0.15, 0.2) is 0 Å². The lowest BCUT2D eigenvalue weighted by molar-refractivity contribution is 0.0881. The van der Waals surface area contributed by atoms with Crippen molar-refractivity contribution in [2.75, 3.05) is 19.1 Å². The van der Waals surface area contributed by atoms with Crippen molar-refractivity contribution in [3.63, 3.8) is 0 Å². The van der Waals surface area contributed by atoms with Crippen molar-refractivity contribution in [1.82, 2.24) is 15.0 Å². The van der Waals surface area contributed by atoms with Gasteiger partial charge in [-0.2, -0.15) is 0 Å². The number of alkyl halides is 1. The maximum atomic E-state index is 10.3. The van der Waals surface area contributed by atoms with Crippen molar-refractivity contribution in [2.45, 2.75) is 51.9 Å². The Bertz CT molecular complexity index is 1060. The Hall–Kier alpha value is -1.88. The van der Waals surface area contributed by atoms with Gasteiger partial charge in [0.2, 0.25) is 0 Å². The summed E-state index contributed by atoms with van der Waals surface area (Å²) in [6, 6.07) is 16.2. The molecule has 2 atom stereocenters. The molecule has 3 rings (SSSR count). The van der Waals surface area contributed by atoms with E-state index in [4.69, 9.17) is 21.1 Å². The second-order valence-corrected chi connectivity index (χ2v) is 10.5. The molecule has 0 aliphatic heterocycles. The van der Waals surface area contributed by atoms with Crippen molar-refractivity contribution in [3.8, 4) is 11.5 Å². The molecule has 1 aromatic heterocycles. The van der Waals surface area contributed by atoms with Gasteiger partial charge in [-0.15, -0.1) is 16.7 Å². The van der Waals surface area contributed by atoms with E-state index >= 15 is 0 Å². The number of benzene rings is 2. The van der Waals surface area contributed by atoms with Crippen molar-refractivity contribution < 1.29 is 19.7 Å². The number of nitrogens with zero attached hydrogens (tertiary/aromatic N) is 3. The molecule has 0 unspecified atom stereocenters. The standard InChI is InChI=1S/C26H33ClIN3O4/c1-18(14-27)12-13-34-22-8-4-19(5-9-22)26(2,3)20-6-10-23(11-7-20)35-17-21(33)15-31-25(28)24(16-32)29-30-31/h4-11,18,21,32-33H,12-17H2,1-3H3/t18-,21-/m0/s1/i28-4.